The van der Waals surface area contributed by atoms with E-state index in [0.717, 1.165) is 30.6 Å². The standard InChI is InChI=1S/C29H32N4O5S/c1-20-19-37-17-16-33(20)26-18-25(29(14-5-15-29)39(35,36)24-12-13-24)31-27(32-26)21-8-10-22(11-9-21)30-28(34)38-23-6-3-2-4-7-23/h2-4,6-11,18,20,24H,5,12-17,19H2,1H3,(H,30,34)/t20-/m0/s1. The molecule has 204 valence electrons. The number of ether oxygens (including phenoxy) is 2. The molecule has 2 heterocycles. The van der Waals surface area contributed by atoms with Crippen LogP contribution in [-0.2, 0) is 19.3 Å². The number of morpholine rings is 1. The van der Waals surface area contributed by atoms with E-state index in [1.165, 1.54) is 0 Å². The molecule has 10 heteroatoms. The van der Waals surface area contributed by atoms with Crippen LogP contribution < -0.4 is 15.0 Å². The molecule has 6 rings (SSSR count). The minimum atomic E-state index is -3.34. The number of anilines is 2. The lowest BCUT2D eigenvalue weighted by molar-refractivity contribution is 0.0985. The molecular formula is C29H32N4O5S. The number of carbonyl (C=O) groups excluding carboxylic acids is 1. The molecule has 1 atom stereocenters. The van der Waals surface area contributed by atoms with Gasteiger partial charge in [-0.1, -0.05) is 18.2 Å². The van der Waals surface area contributed by atoms with Crippen LogP contribution in [0.25, 0.3) is 11.4 Å². The Bertz CT molecular complexity index is 1450. The van der Waals surface area contributed by atoms with Gasteiger partial charge in [0.1, 0.15) is 16.3 Å². The molecule has 9 nitrogen and oxygen atoms in total. The van der Waals surface area contributed by atoms with Gasteiger partial charge in [-0.2, -0.15) is 0 Å². The van der Waals surface area contributed by atoms with Crippen molar-refractivity contribution in [1.82, 2.24) is 9.97 Å². The minimum Gasteiger partial charge on any atom is -0.410 e. The fourth-order valence-corrected chi connectivity index (χ4v) is 7.98. The Morgan fingerprint density at radius 2 is 1.82 bits per heavy atom. The lowest BCUT2D eigenvalue weighted by atomic mass is 9.81. The average Bonchev–Trinajstić information content (AvgIpc) is 3.76. The number of aromatic nitrogens is 2. The van der Waals surface area contributed by atoms with Gasteiger partial charge in [0, 0.05) is 23.9 Å². The fraction of sp³-hybridized carbons (Fsp3) is 0.414. The van der Waals surface area contributed by atoms with Crippen molar-refractivity contribution < 1.29 is 22.7 Å². The van der Waals surface area contributed by atoms with Crippen molar-refractivity contribution >= 4 is 27.4 Å². The number of nitrogens with one attached hydrogen (secondary N) is 1. The first kappa shape index (κ1) is 25.8. The third-order valence-corrected chi connectivity index (χ3v) is 10.9. The Hall–Kier alpha value is -3.50. The van der Waals surface area contributed by atoms with Gasteiger partial charge in [0.15, 0.2) is 15.7 Å². The highest BCUT2D eigenvalue weighted by Crippen LogP contribution is 2.53. The Morgan fingerprint density at radius 1 is 1.08 bits per heavy atom. The van der Waals surface area contributed by atoms with E-state index >= 15 is 0 Å². The minimum absolute atomic E-state index is 0.105. The normalized spacial score (nSPS) is 20.6. The monoisotopic (exact) mass is 548 g/mol. The number of hydrogen-bond acceptors (Lipinski definition) is 8. The number of para-hydroxylation sites is 1. The summed E-state index contributed by atoms with van der Waals surface area (Å²) in [5, 5.41) is 2.47. The van der Waals surface area contributed by atoms with Crippen LogP contribution in [-0.4, -0.2) is 55.5 Å². The lowest BCUT2D eigenvalue weighted by Crippen LogP contribution is -2.46. The zero-order valence-electron chi connectivity index (χ0n) is 21.9. The van der Waals surface area contributed by atoms with Gasteiger partial charge in [0.25, 0.3) is 0 Å². The summed E-state index contributed by atoms with van der Waals surface area (Å²) in [6.07, 6.45) is 2.92. The van der Waals surface area contributed by atoms with Crippen molar-refractivity contribution in [2.75, 3.05) is 30.0 Å². The van der Waals surface area contributed by atoms with Crippen LogP contribution in [0.2, 0.25) is 0 Å². The number of sulfone groups is 1. The molecule has 39 heavy (non-hydrogen) atoms. The van der Waals surface area contributed by atoms with Crippen molar-refractivity contribution in [1.29, 1.82) is 0 Å². The summed E-state index contributed by atoms with van der Waals surface area (Å²) in [5.41, 5.74) is 1.89. The topological polar surface area (TPSA) is 111 Å². The van der Waals surface area contributed by atoms with E-state index in [0.29, 0.717) is 55.6 Å². The van der Waals surface area contributed by atoms with Crippen LogP contribution in [0.15, 0.2) is 60.7 Å². The van der Waals surface area contributed by atoms with Crippen molar-refractivity contribution in [3.63, 3.8) is 0 Å². The van der Waals surface area contributed by atoms with E-state index in [1.54, 1.807) is 36.4 Å². The molecule has 3 fully saturated rings. The van der Waals surface area contributed by atoms with E-state index in [-0.39, 0.29) is 11.3 Å². The van der Waals surface area contributed by atoms with Gasteiger partial charge in [-0.05, 0) is 75.4 Å². The van der Waals surface area contributed by atoms with Gasteiger partial charge in [0.2, 0.25) is 0 Å². The van der Waals surface area contributed by atoms with Crippen molar-refractivity contribution in [3.05, 3.63) is 66.4 Å². The zero-order chi connectivity index (χ0) is 27.0. The van der Waals surface area contributed by atoms with Crippen LogP contribution in [0, 0.1) is 0 Å². The molecule has 1 amide bonds. The second kappa shape index (κ2) is 10.2. The largest absolute Gasteiger partial charge is 0.417 e. The van der Waals surface area contributed by atoms with Gasteiger partial charge >= 0.3 is 6.09 Å². The van der Waals surface area contributed by atoms with Crippen LogP contribution in [0.4, 0.5) is 16.3 Å². The van der Waals surface area contributed by atoms with Crippen molar-refractivity contribution in [2.24, 2.45) is 0 Å². The number of carbonyl (C=O) groups is 1. The highest BCUT2D eigenvalue weighted by atomic mass is 32.2. The highest BCUT2D eigenvalue weighted by molar-refractivity contribution is 7.93. The maximum absolute atomic E-state index is 13.6. The summed E-state index contributed by atoms with van der Waals surface area (Å²) in [7, 11) is -3.34. The van der Waals surface area contributed by atoms with E-state index < -0.39 is 20.7 Å². The van der Waals surface area contributed by atoms with Gasteiger partial charge in [-0.3, -0.25) is 5.32 Å². The second-order valence-electron chi connectivity index (χ2n) is 10.5. The molecule has 2 aromatic carbocycles. The molecular weight excluding hydrogens is 516 g/mol. The van der Waals surface area contributed by atoms with Gasteiger partial charge < -0.3 is 14.4 Å². The first-order chi connectivity index (χ1) is 18.9. The number of amides is 1. The summed E-state index contributed by atoms with van der Waals surface area (Å²) >= 11 is 0. The molecule has 2 aliphatic carbocycles. The van der Waals surface area contributed by atoms with Crippen LogP contribution >= 0.6 is 0 Å². The third kappa shape index (κ3) is 4.98. The predicted molar refractivity (Wildman–Crippen MR) is 149 cm³/mol. The molecule has 1 saturated heterocycles. The predicted octanol–water partition coefficient (Wildman–Crippen LogP) is 4.94. The Kier molecular flexibility index (Phi) is 6.76. The summed E-state index contributed by atoms with van der Waals surface area (Å²) in [6, 6.07) is 18.0. The third-order valence-electron chi connectivity index (χ3n) is 7.85. The molecule has 0 radical (unpaired) electrons. The molecule has 3 aromatic rings. The molecule has 0 spiro atoms. The number of benzene rings is 2. The SMILES string of the molecule is C[C@H]1COCCN1c1cc(C2(S(=O)(=O)C3CC3)CCC2)nc(-c2ccc(NC(=O)Oc3ccccc3)cc2)n1. The number of nitrogens with zero attached hydrogens (tertiary/aromatic N) is 3. The first-order valence-corrected chi connectivity index (χ1v) is 15.0. The van der Waals surface area contributed by atoms with Crippen LogP contribution in [0.1, 0.15) is 44.7 Å². The van der Waals surface area contributed by atoms with Gasteiger partial charge in [0.05, 0.1) is 30.2 Å². The Balaban J connectivity index is 1.32. The van der Waals surface area contributed by atoms with E-state index in [2.05, 4.69) is 17.1 Å². The molecule has 0 bridgehead atoms. The maximum atomic E-state index is 13.6. The maximum Gasteiger partial charge on any atom is 0.417 e. The summed E-state index contributed by atoms with van der Waals surface area (Å²) in [4.78, 5) is 24.2. The van der Waals surface area contributed by atoms with Crippen LogP contribution in [0.5, 0.6) is 5.75 Å². The van der Waals surface area contributed by atoms with E-state index in [4.69, 9.17) is 19.4 Å². The average molecular weight is 549 g/mol. The molecule has 2 saturated carbocycles. The van der Waals surface area contributed by atoms with Gasteiger partial charge in [-0.25, -0.2) is 23.2 Å². The summed E-state index contributed by atoms with van der Waals surface area (Å²) in [6.45, 7) is 3.92. The molecule has 1 N–H and O–H groups in total. The fourth-order valence-electron chi connectivity index (χ4n) is 5.33. The number of rotatable bonds is 7. The molecule has 0 unspecified atom stereocenters. The molecule has 1 aliphatic heterocycles. The van der Waals surface area contributed by atoms with Crippen molar-refractivity contribution in [3.8, 4) is 17.1 Å². The first-order valence-electron chi connectivity index (χ1n) is 13.5. The van der Waals surface area contributed by atoms with Crippen molar-refractivity contribution in [2.45, 2.75) is 55.1 Å². The second-order valence-corrected chi connectivity index (χ2v) is 13.1. The quantitative estimate of drug-likeness (QED) is 0.442. The Labute approximate surface area is 228 Å². The smallest absolute Gasteiger partial charge is 0.410 e. The highest BCUT2D eigenvalue weighted by Gasteiger charge is 2.57. The summed E-state index contributed by atoms with van der Waals surface area (Å²) in [5.74, 6) is 1.64. The van der Waals surface area contributed by atoms with Crippen LogP contribution in [0.3, 0.4) is 0 Å². The summed E-state index contributed by atoms with van der Waals surface area (Å²) < 4.78 is 37.2. The Morgan fingerprint density at radius 3 is 2.46 bits per heavy atom. The molecule has 1 aromatic heterocycles. The van der Waals surface area contributed by atoms with Gasteiger partial charge in [-0.15, -0.1) is 0 Å². The van der Waals surface area contributed by atoms with E-state index in [9.17, 15) is 13.2 Å². The lowest BCUT2D eigenvalue weighted by Gasteiger charge is -2.41. The number of hydrogen-bond donors (Lipinski definition) is 1. The molecule has 3 aliphatic rings. The zero-order valence-corrected chi connectivity index (χ0v) is 22.7. The van der Waals surface area contributed by atoms with E-state index in [1.807, 2.05) is 24.3 Å².